The van der Waals surface area contributed by atoms with Gasteiger partial charge in [-0.25, -0.2) is 9.78 Å². The van der Waals surface area contributed by atoms with Gasteiger partial charge in [-0.05, 0) is 19.3 Å². The second kappa shape index (κ2) is 6.54. The number of hydrogen-bond donors (Lipinski definition) is 3. The molecular weight excluding hydrogens is 274 g/mol. The van der Waals surface area contributed by atoms with Crippen molar-refractivity contribution in [3.8, 4) is 0 Å². The molecule has 1 aliphatic rings. The van der Waals surface area contributed by atoms with Crippen LogP contribution in [0.4, 0.5) is 4.79 Å². The molecule has 0 aliphatic heterocycles. The largest absolute Gasteiger partial charge is 0.396 e. The van der Waals surface area contributed by atoms with Crippen molar-refractivity contribution in [1.82, 2.24) is 15.6 Å². The Balaban J connectivity index is 1.92. The van der Waals surface area contributed by atoms with Crippen molar-refractivity contribution < 1.29 is 9.90 Å². The summed E-state index contributed by atoms with van der Waals surface area (Å²) < 4.78 is 0. The topological polar surface area (TPSA) is 74.2 Å². The highest BCUT2D eigenvalue weighted by Crippen LogP contribution is 2.37. The number of aromatic nitrogens is 1. The van der Waals surface area contributed by atoms with Gasteiger partial charge in [0.15, 0.2) is 0 Å². The van der Waals surface area contributed by atoms with Crippen LogP contribution in [0.5, 0.6) is 0 Å². The lowest BCUT2D eigenvalue weighted by Crippen LogP contribution is -2.49. The van der Waals surface area contributed by atoms with Crippen molar-refractivity contribution in [2.24, 2.45) is 5.41 Å². The molecule has 0 spiro atoms. The van der Waals surface area contributed by atoms with Crippen LogP contribution in [0.15, 0.2) is 11.6 Å². The molecule has 3 unspecified atom stereocenters. The number of amides is 2. The molecule has 0 radical (unpaired) electrons. The Morgan fingerprint density at radius 1 is 1.70 bits per heavy atom. The van der Waals surface area contributed by atoms with Crippen molar-refractivity contribution in [3.63, 3.8) is 0 Å². The molecule has 3 atom stereocenters. The van der Waals surface area contributed by atoms with E-state index in [0.29, 0.717) is 0 Å². The highest BCUT2D eigenvalue weighted by molar-refractivity contribution is 7.09. The maximum absolute atomic E-state index is 12.1. The number of hydrogen-bond acceptors (Lipinski definition) is 4. The third kappa shape index (κ3) is 3.30. The number of thiazole rings is 1. The van der Waals surface area contributed by atoms with Gasteiger partial charge in [0.2, 0.25) is 0 Å². The number of carbonyl (C=O) groups excluding carboxylic acids is 1. The van der Waals surface area contributed by atoms with Crippen LogP contribution in [0.2, 0.25) is 0 Å². The number of aliphatic hydroxyl groups excluding tert-OH is 1. The van der Waals surface area contributed by atoms with Crippen LogP contribution >= 0.6 is 11.3 Å². The van der Waals surface area contributed by atoms with Crippen LogP contribution in [0.25, 0.3) is 0 Å². The quantitative estimate of drug-likeness (QED) is 0.781. The van der Waals surface area contributed by atoms with Crippen molar-refractivity contribution in [1.29, 1.82) is 0 Å². The van der Waals surface area contributed by atoms with E-state index < -0.39 is 0 Å². The molecule has 5 nitrogen and oxygen atoms in total. The van der Waals surface area contributed by atoms with Crippen LogP contribution in [0, 0.1) is 5.41 Å². The van der Waals surface area contributed by atoms with E-state index in [2.05, 4.69) is 15.6 Å². The molecule has 1 aliphatic carbocycles. The summed E-state index contributed by atoms with van der Waals surface area (Å²) in [4.78, 5) is 16.4. The highest BCUT2D eigenvalue weighted by atomic mass is 32.1. The molecule has 1 fully saturated rings. The molecule has 0 bridgehead atoms. The summed E-state index contributed by atoms with van der Waals surface area (Å²) >= 11 is 1.55. The zero-order valence-corrected chi connectivity index (χ0v) is 12.9. The summed E-state index contributed by atoms with van der Waals surface area (Å²) in [6, 6.07) is -0.170. The monoisotopic (exact) mass is 297 g/mol. The predicted molar refractivity (Wildman–Crippen MR) is 79.6 cm³/mol. The third-order valence-electron chi connectivity index (χ3n) is 4.21. The molecule has 3 N–H and O–H groups in total. The Morgan fingerprint density at radius 2 is 2.50 bits per heavy atom. The zero-order chi connectivity index (χ0) is 14.6. The van der Waals surface area contributed by atoms with E-state index in [-0.39, 0.29) is 30.1 Å². The first-order chi connectivity index (χ1) is 9.59. The molecule has 20 heavy (non-hydrogen) atoms. The van der Waals surface area contributed by atoms with Crippen LogP contribution in [-0.4, -0.2) is 28.8 Å². The molecule has 1 aromatic rings. The SMILES string of the molecule is CCC(NC(=O)NC1CCCC1(C)CO)c1nccs1. The molecule has 1 aromatic heterocycles. The first kappa shape index (κ1) is 15.3. The minimum absolute atomic E-state index is 0.0429. The molecule has 0 saturated heterocycles. The average molecular weight is 297 g/mol. The van der Waals surface area contributed by atoms with Crippen molar-refractivity contribution in [2.75, 3.05) is 6.61 Å². The summed E-state index contributed by atoms with van der Waals surface area (Å²) in [6.07, 6.45) is 5.49. The lowest BCUT2D eigenvalue weighted by atomic mass is 9.86. The minimum atomic E-state index is -0.194. The standard InChI is InChI=1S/C14H23N3O2S/c1-3-10(12-15-7-8-20-12)16-13(19)17-11-5-4-6-14(11,2)9-18/h7-8,10-11,18H,3-6,9H2,1-2H3,(H2,16,17,19). The molecular formula is C14H23N3O2S. The third-order valence-corrected chi connectivity index (χ3v) is 5.10. The number of nitrogens with zero attached hydrogens (tertiary/aromatic N) is 1. The van der Waals surface area contributed by atoms with Gasteiger partial charge in [0.1, 0.15) is 5.01 Å². The Morgan fingerprint density at radius 3 is 3.10 bits per heavy atom. The van der Waals surface area contributed by atoms with Gasteiger partial charge in [-0.2, -0.15) is 0 Å². The van der Waals surface area contributed by atoms with Crippen LogP contribution in [-0.2, 0) is 0 Å². The summed E-state index contributed by atoms with van der Waals surface area (Å²) in [7, 11) is 0. The maximum Gasteiger partial charge on any atom is 0.315 e. The van der Waals surface area contributed by atoms with E-state index >= 15 is 0 Å². The fourth-order valence-corrected chi connectivity index (χ4v) is 3.54. The van der Waals surface area contributed by atoms with Gasteiger partial charge in [0.05, 0.1) is 12.6 Å². The summed E-state index contributed by atoms with van der Waals surface area (Å²) in [5, 5.41) is 18.3. The van der Waals surface area contributed by atoms with E-state index in [9.17, 15) is 9.90 Å². The Labute approximate surface area is 123 Å². The lowest BCUT2D eigenvalue weighted by Gasteiger charge is -2.30. The van der Waals surface area contributed by atoms with Gasteiger partial charge in [-0.15, -0.1) is 11.3 Å². The second-order valence-corrected chi connectivity index (χ2v) is 6.63. The lowest BCUT2D eigenvalue weighted by molar-refractivity contribution is 0.120. The van der Waals surface area contributed by atoms with Crippen LogP contribution in [0.3, 0.4) is 0 Å². The molecule has 1 saturated carbocycles. The number of rotatable bonds is 5. The van der Waals surface area contributed by atoms with Crippen molar-refractivity contribution >= 4 is 17.4 Å². The highest BCUT2D eigenvalue weighted by Gasteiger charge is 2.39. The number of carbonyl (C=O) groups is 1. The molecule has 112 valence electrons. The van der Waals surface area contributed by atoms with E-state index in [1.165, 1.54) is 0 Å². The van der Waals surface area contributed by atoms with Gasteiger partial charge >= 0.3 is 6.03 Å². The fourth-order valence-electron chi connectivity index (χ4n) is 2.77. The Kier molecular flexibility index (Phi) is 4.99. The van der Waals surface area contributed by atoms with Gasteiger partial charge in [-0.1, -0.05) is 20.3 Å². The average Bonchev–Trinajstić information content (AvgIpc) is 3.07. The van der Waals surface area contributed by atoms with Crippen molar-refractivity contribution in [2.45, 2.75) is 51.6 Å². The summed E-state index contributed by atoms with van der Waals surface area (Å²) in [5.74, 6) is 0. The second-order valence-electron chi connectivity index (χ2n) is 5.71. The maximum atomic E-state index is 12.1. The van der Waals surface area contributed by atoms with E-state index in [1.807, 2.05) is 19.2 Å². The molecule has 0 aromatic carbocycles. The van der Waals surface area contributed by atoms with Crippen molar-refractivity contribution in [3.05, 3.63) is 16.6 Å². The molecule has 2 amide bonds. The van der Waals surface area contributed by atoms with Gasteiger partial charge in [0.25, 0.3) is 0 Å². The molecule has 1 heterocycles. The van der Waals surface area contributed by atoms with E-state index in [1.54, 1.807) is 17.5 Å². The smallest absolute Gasteiger partial charge is 0.315 e. The normalized spacial score (nSPS) is 27.2. The molecule has 2 rings (SSSR count). The Bertz CT molecular complexity index is 438. The first-order valence-corrected chi connectivity index (χ1v) is 8.04. The number of aliphatic hydroxyl groups is 1. The van der Waals surface area contributed by atoms with Gasteiger partial charge in [-0.3, -0.25) is 0 Å². The zero-order valence-electron chi connectivity index (χ0n) is 12.1. The predicted octanol–water partition coefficient (Wildman–Crippen LogP) is 2.44. The van der Waals surface area contributed by atoms with Gasteiger partial charge in [0, 0.05) is 23.0 Å². The summed E-state index contributed by atoms with van der Waals surface area (Å²) in [5.41, 5.74) is -0.194. The van der Waals surface area contributed by atoms with Crippen LogP contribution in [0.1, 0.15) is 50.6 Å². The van der Waals surface area contributed by atoms with Gasteiger partial charge < -0.3 is 15.7 Å². The summed E-state index contributed by atoms with van der Waals surface area (Å²) in [6.45, 7) is 4.17. The van der Waals surface area contributed by atoms with E-state index in [0.717, 1.165) is 30.7 Å². The first-order valence-electron chi connectivity index (χ1n) is 7.16. The fraction of sp³-hybridized carbons (Fsp3) is 0.714. The number of nitrogens with one attached hydrogen (secondary N) is 2. The van der Waals surface area contributed by atoms with E-state index in [4.69, 9.17) is 0 Å². The molecule has 6 heteroatoms. The Hall–Kier alpha value is -1.14. The minimum Gasteiger partial charge on any atom is -0.396 e. The number of urea groups is 1. The van der Waals surface area contributed by atoms with Crippen LogP contribution < -0.4 is 10.6 Å².